The lowest BCUT2D eigenvalue weighted by molar-refractivity contribution is 0.285. The predicted octanol–water partition coefficient (Wildman–Crippen LogP) is 5.80. The van der Waals surface area contributed by atoms with Gasteiger partial charge in [-0.15, -0.1) is 0 Å². The number of halogens is 1. The van der Waals surface area contributed by atoms with E-state index < -0.39 is 5.82 Å². The van der Waals surface area contributed by atoms with E-state index in [1.54, 1.807) is 50.7 Å². The summed E-state index contributed by atoms with van der Waals surface area (Å²) in [6, 6.07) is 19.9. The van der Waals surface area contributed by atoms with Crippen molar-refractivity contribution >= 4 is 16.6 Å². The summed E-state index contributed by atoms with van der Waals surface area (Å²) >= 11 is 0. The number of pyridine rings is 1. The molecule has 0 radical (unpaired) electrons. The van der Waals surface area contributed by atoms with E-state index in [-0.39, 0.29) is 5.75 Å². The van der Waals surface area contributed by atoms with Crippen LogP contribution in [0.4, 0.5) is 10.1 Å². The Morgan fingerprint density at radius 2 is 1.73 bits per heavy atom. The molecule has 6 heteroatoms. The van der Waals surface area contributed by atoms with Crippen LogP contribution in [0.5, 0.6) is 23.0 Å². The highest BCUT2D eigenvalue weighted by molar-refractivity contribution is 5.88. The molecule has 0 aliphatic rings. The van der Waals surface area contributed by atoms with Crippen molar-refractivity contribution in [1.29, 1.82) is 0 Å². The van der Waals surface area contributed by atoms with Crippen LogP contribution in [0.25, 0.3) is 10.9 Å². The molecule has 0 spiro atoms. The van der Waals surface area contributed by atoms with Gasteiger partial charge in [0, 0.05) is 36.5 Å². The fourth-order valence-electron chi connectivity index (χ4n) is 3.08. The van der Waals surface area contributed by atoms with Gasteiger partial charge in [-0.25, -0.2) is 4.39 Å². The molecule has 152 valence electrons. The van der Waals surface area contributed by atoms with Crippen LogP contribution in [0.15, 0.2) is 72.9 Å². The van der Waals surface area contributed by atoms with Gasteiger partial charge in [-0.05, 0) is 29.8 Å². The van der Waals surface area contributed by atoms with Gasteiger partial charge >= 0.3 is 0 Å². The highest BCUT2D eigenvalue weighted by atomic mass is 19.1. The van der Waals surface area contributed by atoms with E-state index in [1.165, 1.54) is 6.07 Å². The highest BCUT2D eigenvalue weighted by Crippen LogP contribution is 2.38. The molecule has 3 aromatic carbocycles. The number of benzene rings is 3. The number of aromatic nitrogens is 1. The Morgan fingerprint density at radius 1 is 0.900 bits per heavy atom. The molecule has 0 unspecified atom stereocenters. The third-order valence-corrected chi connectivity index (χ3v) is 4.66. The maximum Gasteiger partial charge on any atom is 0.167 e. The van der Waals surface area contributed by atoms with E-state index in [2.05, 4.69) is 10.3 Å². The van der Waals surface area contributed by atoms with E-state index in [0.29, 0.717) is 40.4 Å². The number of hydrogen-bond donors (Lipinski definition) is 1. The summed E-state index contributed by atoms with van der Waals surface area (Å²) in [5.74, 6) is 1.26. The van der Waals surface area contributed by atoms with Gasteiger partial charge in [-0.1, -0.05) is 30.3 Å². The summed E-state index contributed by atoms with van der Waals surface area (Å²) in [5, 5.41) is 3.59. The summed E-state index contributed by atoms with van der Waals surface area (Å²) in [6.07, 6.45) is 1.62. The van der Waals surface area contributed by atoms with Gasteiger partial charge in [0.05, 0.1) is 12.6 Å². The number of methoxy groups -OCH3 is 1. The zero-order valence-electron chi connectivity index (χ0n) is 16.7. The zero-order chi connectivity index (χ0) is 20.9. The molecule has 0 aliphatic heterocycles. The van der Waals surface area contributed by atoms with Crippen LogP contribution in [0.3, 0.4) is 0 Å². The average molecular weight is 404 g/mol. The van der Waals surface area contributed by atoms with Crippen molar-refractivity contribution < 1.29 is 18.6 Å². The molecular weight excluding hydrogens is 383 g/mol. The van der Waals surface area contributed by atoms with Gasteiger partial charge in [0.2, 0.25) is 0 Å². The Bertz CT molecular complexity index is 1170. The first kappa shape index (κ1) is 19.5. The molecule has 0 atom stereocenters. The van der Waals surface area contributed by atoms with Crippen LogP contribution in [-0.2, 0) is 6.61 Å². The minimum Gasteiger partial charge on any atom is -0.493 e. The molecule has 0 amide bonds. The molecule has 0 saturated heterocycles. The topological polar surface area (TPSA) is 52.6 Å². The lowest BCUT2D eigenvalue weighted by Gasteiger charge is -2.14. The molecule has 0 fully saturated rings. The maximum atomic E-state index is 14.4. The molecule has 30 heavy (non-hydrogen) atoms. The van der Waals surface area contributed by atoms with E-state index >= 15 is 0 Å². The van der Waals surface area contributed by atoms with Crippen molar-refractivity contribution in [2.75, 3.05) is 19.5 Å². The number of rotatable bonds is 7. The lowest BCUT2D eigenvalue weighted by Crippen LogP contribution is -1.99. The molecule has 0 saturated carbocycles. The number of fused-ring (bicyclic) bond motifs is 1. The van der Waals surface area contributed by atoms with Crippen LogP contribution >= 0.6 is 0 Å². The van der Waals surface area contributed by atoms with Crippen molar-refractivity contribution in [1.82, 2.24) is 4.98 Å². The third-order valence-electron chi connectivity index (χ3n) is 4.66. The average Bonchev–Trinajstić information content (AvgIpc) is 2.79. The summed E-state index contributed by atoms with van der Waals surface area (Å²) in [6.45, 7) is 0.405. The number of nitrogens with one attached hydrogen (secondary N) is 1. The molecular formula is C24H21FN2O3. The number of anilines is 1. The molecule has 1 aromatic heterocycles. The second-order valence-corrected chi connectivity index (χ2v) is 6.60. The largest absolute Gasteiger partial charge is 0.493 e. The normalized spacial score (nSPS) is 10.6. The van der Waals surface area contributed by atoms with E-state index in [9.17, 15) is 4.39 Å². The van der Waals surface area contributed by atoms with Gasteiger partial charge in [0.1, 0.15) is 12.4 Å². The summed E-state index contributed by atoms with van der Waals surface area (Å²) in [7, 11) is 3.30. The molecule has 1 heterocycles. The Labute approximate surface area is 174 Å². The van der Waals surface area contributed by atoms with Gasteiger partial charge in [-0.3, -0.25) is 4.98 Å². The van der Waals surface area contributed by atoms with Crippen LogP contribution in [0.1, 0.15) is 5.56 Å². The third kappa shape index (κ3) is 4.12. The van der Waals surface area contributed by atoms with Crippen LogP contribution in [-0.4, -0.2) is 19.1 Å². The molecule has 1 N–H and O–H groups in total. The van der Waals surface area contributed by atoms with Crippen molar-refractivity contribution in [2.45, 2.75) is 6.61 Å². The van der Waals surface area contributed by atoms with Crippen LogP contribution < -0.4 is 19.5 Å². The van der Waals surface area contributed by atoms with Crippen molar-refractivity contribution in [3.05, 3.63) is 84.3 Å². The summed E-state index contributed by atoms with van der Waals surface area (Å²) in [4.78, 5) is 4.41. The first-order valence-corrected chi connectivity index (χ1v) is 9.46. The standard InChI is InChI=1S/C24H21FN2O3/c1-26-17-8-9-22(19(25)12-17)30-21-10-11-27-20-14-24(23(28-2)13-18(20)21)29-15-16-6-4-3-5-7-16/h3-14,26H,15H2,1-2H3. The first-order chi connectivity index (χ1) is 14.7. The SMILES string of the molecule is CNc1ccc(Oc2ccnc3cc(OCc4ccccc4)c(OC)cc23)c(F)c1. The van der Waals surface area contributed by atoms with Crippen molar-refractivity contribution in [2.24, 2.45) is 0 Å². The van der Waals surface area contributed by atoms with Gasteiger partial charge in [0.25, 0.3) is 0 Å². The Kier molecular flexibility index (Phi) is 5.66. The van der Waals surface area contributed by atoms with E-state index in [1.807, 2.05) is 30.3 Å². The minimum absolute atomic E-state index is 0.130. The Morgan fingerprint density at radius 3 is 2.47 bits per heavy atom. The van der Waals surface area contributed by atoms with Crippen molar-refractivity contribution in [3.8, 4) is 23.0 Å². The van der Waals surface area contributed by atoms with Gasteiger partial charge < -0.3 is 19.5 Å². The lowest BCUT2D eigenvalue weighted by atomic mass is 10.1. The molecule has 0 bridgehead atoms. The summed E-state index contributed by atoms with van der Waals surface area (Å²) in [5.41, 5.74) is 2.37. The smallest absolute Gasteiger partial charge is 0.167 e. The predicted molar refractivity (Wildman–Crippen MR) is 115 cm³/mol. The Hall–Kier alpha value is -3.80. The quantitative estimate of drug-likeness (QED) is 0.422. The molecule has 5 nitrogen and oxygen atoms in total. The minimum atomic E-state index is -0.457. The zero-order valence-corrected chi connectivity index (χ0v) is 16.7. The van der Waals surface area contributed by atoms with Crippen LogP contribution in [0, 0.1) is 5.82 Å². The van der Waals surface area contributed by atoms with Crippen LogP contribution in [0.2, 0.25) is 0 Å². The second-order valence-electron chi connectivity index (χ2n) is 6.60. The van der Waals surface area contributed by atoms with E-state index in [4.69, 9.17) is 14.2 Å². The number of ether oxygens (including phenoxy) is 3. The van der Waals surface area contributed by atoms with E-state index in [0.717, 1.165) is 5.56 Å². The molecule has 4 aromatic rings. The highest BCUT2D eigenvalue weighted by Gasteiger charge is 2.14. The fraction of sp³-hybridized carbons (Fsp3) is 0.125. The first-order valence-electron chi connectivity index (χ1n) is 9.46. The van der Waals surface area contributed by atoms with Crippen molar-refractivity contribution in [3.63, 3.8) is 0 Å². The maximum absolute atomic E-state index is 14.4. The monoisotopic (exact) mass is 404 g/mol. The Balaban J connectivity index is 1.66. The number of hydrogen-bond acceptors (Lipinski definition) is 5. The molecule has 0 aliphatic carbocycles. The fourth-order valence-corrected chi connectivity index (χ4v) is 3.08. The number of nitrogens with zero attached hydrogens (tertiary/aromatic N) is 1. The molecule has 4 rings (SSSR count). The second kappa shape index (κ2) is 8.69. The van der Waals surface area contributed by atoms with Gasteiger partial charge in [-0.2, -0.15) is 0 Å². The summed E-state index contributed by atoms with van der Waals surface area (Å²) < 4.78 is 31.7. The van der Waals surface area contributed by atoms with Gasteiger partial charge in [0.15, 0.2) is 23.1 Å².